The highest BCUT2D eigenvalue weighted by Crippen LogP contribution is 2.63. The first-order chi connectivity index (χ1) is 15.3. The minimum absolute atomic E-state index is 0.136. The molecule has 6 rings (SSSR count). The molecule has 4 bridgehead atoms. The molecule has 13 nitrogen and oxygen atoms in total. The fraction of sp³-hybridized carbons (Fsp3) is 0.684. The van der Waals surface area contributed by atoms with Gasteiger partial charge in [0.15, 0.2) is 6.33 Å². The molecule has 0 aliphatic heterocycles. The van der Waals surface area contributed by atoms with Gasteiger partial charge in [-0.05, 0) is 55.6 Å². The fourth-order valence-corrected chi connectivity index (χ4v) is 6.38. The maximum absolute atomic E-state index is 13.3. The predicted octanol–water partition coefficient (Wildman–Crippen LogP) is 0.557. The first-order valence-electron chi connectivity index (χ1n) is 10.8. The summed E-state index contributed by atoms with van der Waals surface area (Å²) in [5.74, 6) is -0.242. The lowest BCUT2D eigenvalue weighted by molar-refractivity contribution is -0.385. The smallest absolute Gasteiger partial charge is 0.273 e. The van der Waals surface area contributed by atoms with E-state index in [1.165, 1.54) is 17.2 Å². The average Bonchev–Trinajstić information content (AvgIpc) is 3.43. The largest absolute Gasteiger partial charge is 0.306 e. The second-order valence-corrected chi connectivity index (χ2v) is 9.71. The van der Waals surface area contributed by atoms with E-state index in [4.69, 9.17) is 0 Å². The van der Waals surface area contributed by atoms with Gasteiger partial charge in [-0.25, -0.2) is 0 Å². The highest BCUT2D eigenvalue weighted by atomic mass is 16.6. The van der Waals surface area contributed by atoms with Gasteiger partial charge in [-0.2, -0.15) is 9.90 Å². The summed E-state index contributed by atoms with van der Waals surface area (Å²) in [6, 6.07) is 0. The van der Waals surface area contributed by atoms with Crippen molar-refractivity contribution in [1.82, 2.24) is 40.8 Å². The summed E-state index contributed by atoms with van der Waals surface area (Å²) in [6.45, 7) is 1.83. The lowest BCUT2D eigenvalue weighted by Crippen LogP contribution is -2.63. The van der Waals surface area contributed by atoms with E-state index < -0.39 is 16.3 Å². The van der Waals surface area contributed by atoms with Crippen molar-refractivity contribution in [2.45, 2.75) is 57.5 Å². The van der Waals surface area contributed by atoms with Crippen LogP contribution in [0.1, 0.15) is 45.4 Å². The van der Waals surface area contributed by atoms with Crippen LogP contribution in [0.5, 0.6) is 0 Å². The first kappa shape index (κ1) is 20.5. The van der Waals surface area contributed by atoms with Gasteiger partial charge in [0.2, 0.25) is 11.8 Å². The van der Waals surface area contributed by atoms with Crippen LogP contribution in [0.3, 0.4) is 0 Å². The third-order valence-electron chi connectivity index (χ3n) is 7.32. The topological polar surface area (TPSA) is 163 Å². The Labute approximate surface area is 183 Å². The van der Waals surface area contributed by atoms with Crippen LogP contribution in [-0.4, -0.2) is 46.7 Å². The number of carbonyl (C=O) groups is 2. The number of nitrogens with zero attached hydrogens (tertiary/aromatic N) is 7. The molecule has 13 heteroatoms. The number of nitro groups is 1. The van der Waals surface area contributed by atoms with Crippen molar-refractivity contribution >= 4 is 17.5 Å². The molecule has 2 aromatic rings. The maximum Gasteiger partial charge on any atom is 0.306 e. The number of tetrazole rings is 1. The zero-order valence-electron chi connectivity index (χ0n) is 17.7. The quantitative estimate of drug-likeness (QED) is 0.483. The molecule has 4 aliphatic carbocycles. The van der Waals surface area contributed by atoms with Gasteiger partial charge in [-0.1, -0.05) is 6.92 Å². The van der Waals surface area contributed by atoms with E-state index >= 15 is 0 Å². The van der Waals surface area contributed by atoms with Crippen LogP contribution in [0.2, 0.25) is 0 Å². The van der Waals surface area contributed by atoms with Crippen molar-refractivity contribution in [3.63, 3.8) is 0 Å². The molecule has 0 radical (unpaired) electrons. The van der Waals surface area contributed by atoms with Crippen LogP contribution in [0.4, 0.5) is 5.69 Å². The second kappa shape index (κ2) is 7.35. The van der Waals surface area contributed by atoms with E-state index in [0.29, 0.717) is 18.3 Å². The van der Waals surface area contributed by atoms with Crippen molar-refractivity contribution < 1.29 is 14.5 Å². The number of carbonyl (C=O) groups excluding carboxylic acids is 2. The van der Waals surface area contributed by atoms with E-state index in [1.54, 1.807) is 11.7 Å². The van der Waals surface area contributed by atoms with E-state index in [-0.39, 0.29) is 29.6 Å². The van der Waals surface area contributed by atoms with E-state index in [2.05, 4.69) is 31.4 Å². The molecule has 3 atom stereocenters. The lowest BCUT2D eigenvalue weighted by Gasteiger charge is -2.60. The highest BCUT2D eigenvalue weighted by Gasteiger charge is 2.62. The van der Waals surface area contributed by atoms with Crippen LogP contribution in [0.15, 0.2) is 18.7 Å². The third-order valence-corrected chi connectivity index (χ3v) is 7.32. The van der Waals surface area contributed by atoms with Crippen molar-refractivity contribution in [2.75, 3.05) is 0 Å². The van der Waals surface area contributed by atoms with E-state index in [9.17, 15) is 19.7 Å². The molecule has 4 aliphatic rings. The Bertz CT molecular complexity index is 1040. The average molecular weight is 443 g/mol. The van der Waals surface area contributed by atoms with E-state index in [0.717, 1.165) is 38.3 Å². The molecular weight excluding hydrogens is 418 g/mol. The molecule has 2 N–H and O–H groups in total. The van der Waals surface area contributed by atoms with Gasteiger partial charge in [0.05, 0.1) is 28.3 Å². The lowest BCUT2D eigenvalue weighted by atomic mass is 9.46. The summed E-state index contributed by atoms with van der Waals surface area (Å²) in [6.07, 6.45) is 9.10. The van der Waals surface area contributed by atoms with Crippen molar-refractivity contribution in [1.29, 1.82) is 0 Å². The standard InChI is InChI=1S/C19H25N9O4/c1-12(8-26-9-15(7-21-26)27(31)32)16(29)23-24-17(30)18-3-13-2-14(4-18)6-19(5-13,10-18)28-22-11-20-25-28/h7,9,11-14H,2-6,8,10H2,1H3,(H,23,29)(H,24,30). The first-order valence-corrected chi connectivity index (χ1v) is 10.8. The summed E-state index contributed by atoms with van der Waals surface area (Å²) in [5.41, 5.74) is 4.21. The number of amides is 2. The second-order valence-electron chi connectivity index (χ2n) is 9.71. The highest BCUT2D eigenvalue weighted by molar-refractivity contribution is 5.87. The molecule has 32 heavy (non-hydrogen) atoms. The molecule has 3 unspecified atom stereocenters. The fourth-order valence-electron chi connectivity index (χ4n) is 6.38. The summed E-state index contributed by atoms with van der Waals surface area (Å²) in [7, 11) is 0. The Hall–Kier alpha value is -3.38. The minimum Gasteiger partial charge on any atom is -0.273 e. The SMILES string of the molecule is CC(Cn1cc([N+](=O)[O-])cn1)C(=O)NNC(=O)C12CC3CC(C1)CC(n1ncnn1)(C3)C2. The maximum atomic E-state index is 13.3. The number of aromatic nitrogens is 6. The zero-order chi connectivity index (χ0) is 22.5. The van der Waals surface area contributed by atoms with E-state index in [1.807, 2.05) is 0 Å². The van der Waals surface area contributed by atoms with Crippen LogP contribution in [0.25, 0.3) is 0 Å². The van der Waals surface area contributed by atoms with Crippen LogP contribution in [0, 0.1) is 33.3 Å². The number of hydrogen-bond donors (Lipinski definition) is 2. The predicted molar refractivity (Wildman–Crippen MR) is 107 cm³/mol. The molecule has 2 aromatic heterocycles. The van der Waals surface area contributed by atoms with Gasteiger partial charge in [0.25, 0.3) is 0 Å². The van der Waals surface area contributed by atoms with Gasteiger partial charge >= 0.3 is 5.69 Å². The van der Waals surface area contributed by atoms with Gasteiger partial charge in [-0.15, -0.1) is 10.2 Å². The van der Waals surface area contributed by atoms with Crippen molar-refractivity contribution in [3.8, 4) is 0 Å². The summed E-state index contributed by atoms with van der Waals surface area (Å²) < 4.78 is 1.35. The Morgan fingerprint density at radius 1 is 1.25 bits per heavy atom. The van der Waals surface area contributed by atoms with Gasteiger partial charge < -0.3 is 0 Å². The molecule has 2 amide bonds. The molecule has 4 saturated carbocycles. The Balaban J connectivity index is 1.23. The van der Waals surface area contributed by atoms with Crippen molar-refractivity contribution in [3.05, 3.63) is 28.8 Å². The van der Waals surface area contributed by atoms with Crippen LogP contribution < -0.4 is 10.9 Å². The molecule has 0 spiro atoms. The molecule has 170 valence electrons. The molecular formula is C19H25N9O4. The molecule has 4 fully saturated rings. The normalized spacial score (nSPS) is 31.3. The van der Waals surface area contributed by atoms with Gasteiger partial charge in [0, 0.05) is 0 Å². The summed E-state index contributed by atoms with van der Waals surface area (Å²) in [4.78, 5) is 37.8. The summed E-state index contributed by atoms with van der Waals surface area (Å²) in [5, 5.41) is 27.0. The zero-order valence-corrected chi connectivity index (χ0v) is 17.7. The Morgan fingerprint density at radius 2 is 2.00 bits per heavy atom. The Morgan fingerprint density at radius 3 is 2.62 bits per heavy atom. The van der Waals surface area contributed by atoms with Crippen LogP contribution in [-0.2, 0) is 21.7 Å². The monoisotopic (exact) mass is 443 g/mol. The molecule has 0 aromatic carbocycles. The number of rotatable bonds is 6. The molecule has 0 saturated heterocycles. The summed E-state index contributed by atoms with van der Waals surface area (Å²) >= 11 is 0. The number of hydrazine groups is 1. The molecule has 2 heterocycles. The third kappa shape index (κ3) is 3.41. The number of nitrogens with one attached hydrogen (secondary N) is 2. The van der Waals surface area contributed by atoms with Crippen molar-refractivity contribution in [2.24, 2.45) is 23.2 Å². The van der Waals surface area contributed by atoms with Gasteiger partial charge in [-0.3, -0.25) is 35.2 Å². The van der Waals surface area contributed by atoms with Gasteiger partial charge in [0.1, 0.15) is 12.4 Å². The minimum atomic E-state index is -0.559. The van der Waals surface area contributed by atoms with Crippen LogP contribution >= 0.6 is 0 Å². The Kier molecular flexibility index (Phi) is 4.71. The number of hydrogen-bond acceptors (Lipinski definition) is 8.